The van der Waals surface area contributed by atoms with Crippen LogP contribution in [0, 0.1) is 5.92 Å². The molecule has 120 valence electrons. The maximum absolute atomic E-state index is 12.0. The molecule has 0 saturated carbocycles. The third kappa shape index (κ3) is 4.84. The highest BCUT2D eigenvalue weighted by atomic mass is 16.2. The Balaban J connectivity index is 1.68. The molecule has 0 radical (unpaired) electrons. The van der Waals surface area contributed by atoms with Gasteiger partial charge in [-0.15, -0.1) is 0 Å². The van der Waals surface area contributed by atoms with Crippen molar-refractivity contribution in [1.82, 2.24) is 10.2 Å². The maximum Gasteiger partial charge on any atom is 0.251 e. The fourth-order valence-electron chi connectivity index (χ4n) is 2.68. The fraction of sp³-hybridized carbons (Fsp3) is 0.529. The first-order valence-electron chi connectivity index (χ1n) is 7.96. The van der Waals surface area contributed by atoms with E-state index in [0.29, 0.717) is 17.7 Å². The monoisotopic (exact) mass is 303 g/mol. The Morgan fingerprint density at radius 1 is 1.18 bits per heavy atom. The van der Waals surface area contributed by atoms with Crippen LogP contribution in [0.2, 0.25) is 0 Å². The highest BCUT2D eigenvalue weighted by Crippen LogP contribution is 2.15. The number of benzene rings is 1. The number of likely N-dealkylation sites (tertiary alicyclic amines) is 1. The Kier molecular flexibility index (Phi) is 5.95. The predicted octanol–water partition coefficient (Wildman–Crippen LogP) is 1.64. The number of primary amides is 1. The largest absolute Gasteiger partial charge is 0.366 e. The van der Waals surface area contributed by atoms with E-state index < -0.39 is 5.91 Å². The zero-order valence-corrected chi connectivity index (χ0v) is 13.2. The zero-order valence-electron chi connectivity index (χ0n) is 13.2. The summed E-state index contributed by atoms with van der Waals surface area (Å²) in [6, 6.07) is 6.40. The van der Waals surface area contributed by atoms with E-state index in [1.807, 2.05) is 0 Å². The van der Waals surface area contributed by atoms with Crippen molar-refractivity contribution in [1.29, 1.82) is 0 Å². The van der Waals surface area contributed by atoms with Crippen molar-refractivity contribution in [2.45, 2.75) is 26.2 Å². The third-order valence-electron chi connectivity index (χ3n) is 4.24. The minimum absolute atomic E-state index is 0.108. The topological polar surface area (TPSA) is 75.4 Å². The molecule has 5 nitrogen and oxygen atoms in total. The average Bonchev–Trinajstić information content (AvgIpc) is 2.53. The molecule has 5 heteroatoms. The van der Waals surface area contributed by atoms with Crippen molar-refractivity contribution in [2.75, 3.05) is 26.2 Å². The van der Waals surface area contributed by atoms with Crippen LogP contribution in [0.5, 0.6) is 0 Å². The molecule has 2 rings (SSSR count). The van der Waals surface area contributed by atoms with E-state index in [4.69, 9.17) is 5.73 Å². The Labute approximate surface area is 131 Å². The number of nitrogens with zero attached hydrogens (tertiary/aromatic N) is 1. The Bertz CT molecular complexity index is 505. The highest BCUT2D eigenvalue weighted by molar-refractivity contribution is 5.97. The van der Waals surface area contributed by atoms with E-state index in [2.05, 4.69) is 17.1 Å². The molecule has 2 amide bonds. The van der Waals surface area contributed by atoms with Crippen LogP contribution >= 0.6 is 0 Å². The molecule has 0 unspecified atom stereocenters. The van der Waals surface area contributed by atoms with Gasteiger partial charge in [0.1, 0.15) is 0 Å². The quantitative estimate of drug-likeness (QED) is 0.784. The molecule has 1 fully saturated rings. The summed E-state index contributed by atoms with van der Waals surface area (Å²) < 4.78 is 0. The van der Waals surface area contributed by atoms with Gasteiger partial charge in [0, 0.05) is 17.7 Å². The van der Waals surface area contributed by atoms with Crippen LogP contribution < -0.4 is 11.1 Å². The summed E-state index contributed by atoms with van der Waals surface area (Å²) in [6.45, 7) is 6.35. The number of amides is 2. The Hall–Kier alpha value is -1.88. The standard InChI is InChI=1S/C17H25N3O2/c1-13-7-11-20(12-8-13)10-2-9-19-17(22)15-5-3-14(4-6-15)16(18)21/h3-6,13H,2,7-12H2,1H3,(H2,18,21)(H,19,22). The van der Waals surface area contributed by atoms with E-state index in [-0.39, 0.29) is 5.91 Å². The predicted molar refractivity (Wildman–Crippen MR) is 86.7 cm³/mol. The van der Waals surface area contributed by atoms with Gasteiger partial charge in [-0.05, 0) is 69.1 Å². The minimum Gasteiger partial charge on any atom is -0.366 e. The van der Waals surface area contributed by atoms with Gasteiger partial charge in [0.25, 0.3) is 5.91 Å². The number of nitrogens with one attached hydrogen (secondary N) is 1. The molecule has 3 N–H and O–H groups in total. The zero-order chi connectivity index (χ0) is 15.9. The number of nitrogens with two attached hydrogens (primary N) is 1. The SMILES string of the molecule is CC1CCN(CCCNC(=O)c2ccc(C(N)=O)cc2)CC1. The molecule has 1 aromatic rings. The first-order valence-corrected chi connectivity index (χ1v) is 7.96. The van der Waals surface area contributed by atoms with Gasteiger partial charge in [-0.1, -0.05) is 6.92 Å². The molecule has 0 bridgehead atoms. The van der Waals surface area contributed by atoms with Crippen LogP contribution in [0.15, 0.2) is 24.3 Å². The van der Waals surface area contributed by atoms with Gasteiger partial charge in [-0.3, -0.25) is 9.59 Å². The first kappa shape index (κ1) is 16.5. The average molecular weight is 303 g/mol. The Morgan fingerprint density at radius 3 is 2.36 bits per heavy atom. The van der Waals surface area contributed by atoms with E-state index >= 15 is 0 Å². The van der Waals surface area contributed by atoms with Crippen molar-refractivity contribution in [2.24, 2.45) is 11.7 Å². The summed E-state index contributed by atoms with van der Waals surface area (Å²) >= 11 is 0. The lowest BCUT2D eigenvalue weighted by Gasteiger charge is -2.30. The van der Waals surface area contributed by atoms with Crippen LogP contribution in [0.25, 0.3) is 0 Å². The van der Waals surface area contributed by atoms with Gasteiger partial charge < -0.3 is 16.0 Å². The lowest BCUT2D eigenvalue weighted by atomic mass is 9.99. The first-order chi connectivity index (χ1) is 10.6. The number of piperidine rings is 1. The lowest BCUT2D eigenvalue weighted by Crippen LogP contribution is -2.35. The molecule has 0 aromatic heterocycles. The summed E-state index contributed by atoms with van der Waals surface area (Å²) in [6.07, 6.45) is 3.51. The summed E-state index contributed by atoms with van der Waals surface area (Å²) in [5.41, 5.74) is 6.14. The van der Waals surface area contributed by atoms with Gasteiger partial charge in [0.05, 0.1) is 0 Å². The molecule has 0 spiro atoms. The van der Waals surface area contributed by atoms with Gasteiger partial charge in [0.15, 0.2) is 0 Å². The van der Waals surface area contributed by atoms with Gasteiger partial charge in [0.2, 0.25) is 5.91 Å². The molecule has 22 heavy (non-hydrogen) atoms. The number of hydrogen-bond acceptors (Lipinski definition) is 3. The summed E-state index contributed by atoms with van der Waals surface area (Å²) in [4.78, 5) is 25.4. The summed E-state index contributed by atoms with van der Waals surface area (Å²) in [5, 5.41) is 2.91. The number of rotatable bonds is 6. The normalized spacial score (nSPS) is 16.4. The lowest BCUT2D eigenvalue weighted by molar-refractivity contribution is 0.0948. The molecule has 0 atom stereocenters. The molecular weight excluding hydrogens is 278 g/mol. The highest BCUT2D eigenvalue weighted by Gasteiger charge is 2.15. The maximum atomic E-state index is 12.0. The van der Waals surface area contributed by atoms with Gasteiger partial charge in [-0.2, -0.15) is 0 Å². The molecule has 1 heterocycles. The molecule has 1 aliphatic heterocycles. The van der Waals surface area contributed by atoms with Crippen molar-refractivity contribution in [3.8, 4) is 0 Å². The van der Waals surface area contributed by atoms with E-state index in [9.17, 15) is 9.59 Å². The van der Waals surface area contributed by atoms with E-state index in [1.165, 1.54) is 25.9 Å². The van der Waals surface area contributed by atoms with Crippen molar-refractivity contribution in [3.63, 3.8) is 0 Å². The second-order valence-electron chi connectivity index (χ2n) is 6.08. The molecular formula is C17H25N3O2. The second-order valence-corrected chi connectivity index (χ2v) is 6.08. The van der Waals surface area contributed by atoms with Crippen LogP contribution in [-0.4, -0.2) is 42.9 Å². The smallest absolute Gasteiger partial charge is 0.251 e. The van der Waals surface area contributed by atoms with Gasteiger partial charge >= 0.3 is 0 Å². The fourth-order valence-corrected chi connectivity index (χ4v) is 2.68. The van der Waals surface area contributed by atoms with Crippen LogP contribution in [0.1, 0.15) is 46.9 Å². The molecule has 1 aromatic carbocycles. The minimum atomic E-state index is -0.484. The Morgan fingerprint density at radius 2 is 1.77 bits per heavy atom. The summed E-state index contributed by atoms with van der Waals surface area (Å²) in [5.74, 6) is 0.255. The molecule has 1 saturated heterocycles. The van der Waals surface area contributed by atoms with Crippen molar-refractivity contribution in [3.05, 3.63) is 35.4 Å². The van der Waals surface area contributed by atoms with E-state index in [0.717, 1.165) is 18.9 Å². The molecule has 0 aliphatic carbocycles. The van der Waals surface area contributed by atoms with Crippen molar-refractivity contribution >= 4 is 11.8 Å². The van der Waals surface area contributed by atoms with E-state index in [1.54, 1.807) is 24.3 Å². The third-order valence-corrected chi connectivity index (χ3v) is 4.24. The van der Waals surface area contributed by atoms with Crippen LogP contribution in [-0.2, 0) is 0 Å². The van der Waals surface area contributed by atoms with Crippen LogP contribution in [0.4, 0.5) is 0 Å². The number of carbonyl (C=O) groups is 2. The van der Waals surface area contributed by atoms with Crippen LogP contribution in [0.3, 0.4) is 0 Å². The van der Waals surface area contributed by atoms with Crippen molar-refractivity contribution < 1.29 is 9.59 Å². The molecule has 1 aliphatic rings. The van der Waals surface area contributed by atoms with Gasteiger partial charge in [-0.25, -0.2) is 0 Å². The number of carbonyl (C=O) groups excluding carboxylic acids is 2. The second kappa shape index (κ2) is 7.94. The summed E-state index contributed by atoms with van der Waals surface area (Å²) in [7, 11) is 0. The number of hydrogen-bond donors (Lipinski definition) is 2.